The molecule has 3 unspecified atom stereocenters. The fourth-order valence-corrected chi connectivity index (χ4v) is 3.92. The Balaban J connectivity index is 2.00. The molecule has 2 saturated heterocycles. The first-order valence-corrected chi connectivity index (χ1v) is 9.98. The quantitative estimate of drug-likeness (QED) is 0.710. The summed E-state index contributed by atoms with van der Waals surface area (Å²) in [6, 6.07) is 0.327. The van der Waals surface area contributed by atoms with Gasteiger partial charge in [0.2, 0.25) is 0 Å². The van der Waals surface area contributed by atoms with E-state index in [4.69, 9.17) is 14.3 Å². The van der Waals surface area contributed by atoms with E-state index >= 15 is 0 Å². The molecule has 0 aromatic rings. The Morgan fingerprint density at radius 3 is 2.29 bits per heavy atom. The Morgan fingerprint density at radius 1 is 1.24 bits per heavy atom. The lowest BCUT2D eigenvalue weighted by atomic mass is 10.1. The highest BCUT2D eigenvalue weighted by Gasteiger charge is 2.46. The normalized spacial score (nSPS) is 38.8. The molecule has 0 radical (unpaired) electrons. The van der Waals surface area contributed by atoms with Crippen LogP contribution in [-0.2, 0) is 14.3 Å². The smallest absolute Gasteiger partial charge is 0.163 e. The highest BCUT2D eigenvalue weighted by molar-refractivity contribution is 6.77. The van der Waals surface area contributed by atoms with Crippen molar-refractivity contribution in [3.63, 3.8) is 0 Å². The van der Waals surface area contributed by atoms with E-state index in [9.17, 15) is 0 Å². The Morgan fingerprint density at radius 2 is 1.88 bits per heavy atom. The first-order valence-electron chi connectivity index (χ1n) is 6.40. The summed E-state index contributed by atoms with van der Waals surface area (Å²) in [7, 11) is 0.759. The van der Waals surface area contributed by atoms with Gasteiger partial charge in [0.15, 0.2) is 5.79 Å². The predicted octanol–water partition coefficient (Wildman–Crippen LogP) is 2.02. The van der Waals surface area contributed by atoms with E-state index in [0.717, 1.165) is 6.42 Å². The van der Waals surface area contributed by atoms with Gasteiger partial charge in [-0.25, -0.2) is 0 Å². The molecule has 0 bridgehead atoms. The summed E-state index contributed by atoms with van der Waals surface area (Å²) in [6.07, 6.45) is 1.20. The Kier molecular flexibility index (Phi) is 3.42. The molecule has 0 amide bonds. The number of ether oxygens (including phenoxy) is 2. The molecule has 2 rings (SSSR count). The van der Waals surface area contributed by atoms with Gasteiger partial charge in [-0.1, -0.05) is 19.6 Å². The number of hydrogen-bond acceptors (Lipinski definition) is 4. The monoisotopic (exact) mass is 259 g/mol. The Bertz CT molecular complexity index is 290. The van der Waals surface area contributed by atoms with Crippen molar-refractivity contribution in [2.45, 2.75) is 63.6 Å². The fraction of sp³-hybridized carbons (Fsp3) is 1.00. The zero-order valence-electron chi connectivity index (χ0n) is 11.8. The summed E-state index contributed by atoms with van der Waals surface area (Å²) in [5, 5.41) is 1.98. The van der Waals surface area contributed by atoms with Gasteiger partial charge in [0.1, 0.15) is 6.10 Å². The van der Waals surface area contributed by atoms with Crippen molar-refractivity contribution < 1.29 is 14.3 Å². The average molecular weight is 259 g/mol. The second-order valence-electron chi connectivity index (χ2n) is 6.68. The number of likely N-dealkylation sites (N-methyl/N-ethyl adjacent to an activating group) is 1. The molecule has 0 aromatic heterocycles. The summed E-state index contributed by atoms with van der Waals surface area (Å²) < 4.78 is 11.6. The minimum Gasteiger partial charge on any atom is -0.348 e. The summed E-state index contributed by atoms with van der Waals surface area (Å²) >= 11 is 0. The zero-order chi connectivity index (χ0) is 12.8. The van der Waals surface area contributed by atoms with Crippen LogP contribution in [0, 0.1) is 0 Å². The van der Waals surface area contributed by atoms with E-state index in [1.807, 2.05) is 26.0 Å². The van der Waals surface area contributed by atoms with Crippen LogP contribution < -0.4 is 0 Å². The van der Waals surface area contributed by atoms with Crippen molar-refractivity contribution in [3.05, 3.63) is 0 Å². The molecule has 0 N–H and O–H groups in total. The zero-order valence-corrected chi connectivity index (χ0v) is 12.8. The SMILES string of the molecule is CN1OC([Si](C)(C)C)CC1C1COC(C)(C)O1. The molecule has 0 saturated carbocycles. The summed E-state index contributed by atoms with van der Waals surface area (Å²) in [6.45, 7) is 11.7. The summed E-state index contributed by atoms with van der Waals surface area (Å²) in [4.78, 5) is 5.98. The number of hydrogen-bond donors (Lipinski definition) is 0. The molecular weight excluding hydrogens is 234 g/mol. The molecule has 2 fully saturated rings. The van der Waals surface area contributed by atoms with Crippen molar-refractivity contribution in [1.82, 2.24) is 5.06 Å². The Labute approximate surface area is 105 Å². The number of hydroxylamine groups is 2. The lowest BCUT2D eigenvalue weighted by Gasteiger charge is -2.24. The van der Waals surface area contributed by atoms with E-state index in [2.05, 4.69) is 19.6 Å². The Hall–Kier alpha value is 0.0569. The van der Waals surface area contributed by atoms with Gasteiger partial charge in [-0.2, -0.15) is 5.06 Å². The number of nitrogens with zero attached hydrogens (tertiary/aromatic N) is 1. The van der Waals surface area contributed by atoms with Gasteiger partial charge in [0, 0.05) is 7.05 Å². The van der Waals surface area contributed by atoms with Crippen LogP contribution in [0.3, 0.4) is 0 Å². The van der Waals surface area contributed by atoms with Gasteiger partial charge in [-0.05, 0) is 20.3 Å². The molecule has 100 valence electrons. The van der Waals surface area contributed by atoms with E-state index < -0.39 is 13.9 Å². The summed E-state index contributed by atoms with van der Waals surface area (Å²) in [5.74, 6) is -0.442. The minimum absolute atomic E-state index is 0.136. The van der Waals surface area contributed by atoms with E-state index in [0.29, 0.717) is 18.4 Å². The van der Waals surface area contributed by atoms with Gasteiger partial charge in [-0.3, -0.25) is 4.84 Å². The molecule has 4 nitrogen and oxygen atoms in total. The van der Waals surface area contributed by atoms with Gasteiger partial charge in [0.25, 0.3) is 0 Å². The van der Waals surface area contributed by atoms with Gasteiger partial charge in [-0.15, -0.1) is 0 Å². The molecule has 0 aliphatic carbocycles. The number of rotatable bonds is 2. The van der Waals surface area contributed by atoms with Crippen LogP contribution >= 0.6 is 0 Å². The van der Waals surface area contributed by atoms with Crippen molar-refractivity contribution >= 4 is 8.07 Å². The highest BCUT2D eigenvalue weighted by Crippen LogP contribution is 2.34. The van der Waals surface area contributed by atoms with Crippen LogP contribution in [0.2, 0.25) is 19.6 Å². The predicted molar refractivity (Wildman–Crippen MR) is 69.3 cm³/mol. The fourth-order valence-electron chi connectivity index (χ4n) is 2.49. The average Bonchev–Trinajstić information content (AvgIpc) is 2.68. The van der Waals surface area contributed by atoms with Crippen LogP contribution in [0.4, 0.5) is 0 Å². The maximum absolute atomic E-state index is 5.98. The molecule has 17 heavy (non-hydrogen) atoms. The van der Waals surface area contributed by atoms with Crippen molar-refractivity contribution in [3.8, 4) is 0 Å². The van der Waals surface area contributed by atoms with Crippen LogP contribution in [0.5, 0.6) is 0 Å². The maximum Gasteiger partial charge on any atom is 0.163 e. The van der Waals surface area contributed by atoms with Crippen molar-refractivity contribution in [2.24, 2.45) is 0 Å². The lowest BCUT2D eigenvalue weighted by Crippen LogP contribution is -2.39. The van der Waals surface area contributed by atoms with Gasteiger partial charge in [0.05, 0.1) is 26.4 Å². The van der Waals surface area contributed by atoms with Gasteiger partial charge < -0.3 is 9.47 Å². The molecule has 0 spiro atoms. The summed E-state index contributed by atoms with van der Waals surface area (Å²) in [5.41, 5.74) is 0.393. The van der Waals surface area contributed by atoms with E-state index in [1.54, 1.807) is 0 Å². The third-order valence-corrected chi connectivity index (χ3v) is 5.91. The molecule has 0 aromatic carbocycles. The van der Waals surface area contributed by atoms with E-state index in [1.165, 1.54) is 0 Å². The molecular formula is C12H25NO3Si. The topological polar surface area (TPSA) is 30.9 Å². The molecule has 2 aliphatic rings. The molecule has 2 heterocycles. The largest absolute Gasteiger partial charge is 0.348 e. The van der Waals surface area contributed by atoms with Crippen molar-refractivity contribution in [1.29, 1.82) is 0 Å². The first-order chi connectivity index (χ1) is 7.69. The molecule has 5 heteroatoms. The van der Waals surface area contributed by atoms with E-state index in [-0.39, 0.29) is 6.10 Å². The maximum atomic E-state index is 5.98. The highest BCUT2D eigenvalue weighted by atomic mass is 28.3. The third kappa shape index (κ3) is 2.90. The third-order valence-electron chi connectivity index (χ3n) is 3.64. The standard InChI is InChI=1S/C12H25NO3Si/c1-12(2)14-8-10(15-12)9-7-11(16-13(9)3)17(4,5)6/h9-11H,7-8H2,1-6H3. The van der Waals surface area contributed by atoms with Crippen molar-refractivity contribution in [2.75, 3.05) is 13.7 Å². The molecule has 2 aliphatic heterocycles. The first kappa shape index (κ1) is 13.5. The van der Waals surface area contributed by atoms with Crippen LogP contribution in [0.1, 0.15) is 20.3 Å². The van der Waals surface area contributed by atoms with Crippen LogP contribution in [0.15, 0.2) is 0 Å². The minimum atomic E-state index is -1.25. The molecule has 3 atom stereocenters. The lowest BCUT2D eigenvalue weighted by molar-refractivity contribution is -0.171. The second-order valence-corrected chi connectivity index (χ2v) is 12.1. The van der Waals surface area contributed by atoms with Gasteiger partial charge >= 0.3 is 0 Å². The van der Waals surface area contributed by atoms with Crippen LogP contribution in [-0.4, -0.2) is 50.5 Å². The van der Waals surface area contributed by atoms with Crippen LogP contribution in [0.25, 0.3) is 0 Å². The second kappa shape index (κ2) is 4.31.